The number of carbonyl (C=O) groups excluding carboxylic acids is 1. The second-order valence-corrected chi connectivity index (χ2v) is 6.66. The van der Waals surface area contributed by atoms with Crippen LogP contribution in [0, 0.1) is 0 Å². The molecule has 2 N–H and O–H groups in total. The summed E-state index contributed by atoms with van der Waals surface area (Å²) < 4.78 is 0. The molecule has 1 aliphatic rings. The minimum Gasteiger partial charge on any atom is -0.480 e. The number of thioether (sulfide) groups is 2. The van der Waals surface area contributed by atoms with Crippen LogP contribution in [-0.4, -0.2) is 57.2 Å². The summed E-state index contributed by atoms with van der Waals surface area (Å²) in [6.07, 6.45) is 2.91. The highest BCUT2D eigenvalue weighted by molar-refractivity contribution is 8.00. The van der Waals surface area contributed by atoms with Crippen LogP contribution in [-0.2, 0) is 4.79 Å². The van der Waals surface area contributed by atoms with E-state index >= 15 is 0 Å². The first-order chi connectivity index (χ1) is 8.47. The predicted molar refractivity (Wildman–Crippen MR) is 76.2 cm³/mol. The second-order valence-electron chi connectivity index (χ2n) is 4.33. The molecule has 0 aliphatic carbocycles. The average molecular weight is 292 g/mol. The van der Waals surface area contributed by atoms with Crippen LogP contribution in [0.2, 0.25) is 0 Å². The number of carboxylic acid groups (broad SMARTS) is 1. The Bertz CT molecular complexity index is 315. The first-order valence-electron chi connectivity index (χ1n) is 5.89. The topological polar surface area (TPSA) is 69.6 Å². The molecule has 1 rings (SSSR count). The Balaban J connectivity index is 2.55. The summed E-state index contributed by atoms with van der Waals surface area (Å²) in [6, 6.07) is -0.913. The number of aliphatic carboxylic acids is 1. The van der Waals surface area contributed by atoms with Gasteiger partial charge in [0.2, 0.25) is 0 Å². The molecular formula is C11H20N2O3S2. The van der Waals surface area contributed by atoms with Gasteiger partial charge in [0.1, 0.15) is 6.04 Å². The van der Waals surface area contributed by atoms with Crippen LogP contribution in [0.3, 0.4) is 0 Å². The molecule has 5 nitrogen and oxygen atoms in total. The van der Waals surface area contributed by atoms with Crippen LogP contribution in [0.1, 0.15) is 20.3 Å². The lowest BCUT2D eigenvalue weighted by molar-refractivity contribution is -0.141. The summed E-state index contributed by atoms with van der Waals surface area (Å²) in [4.78, 5) is 24.6. The van der Waals surface area contributed by atoms with Gasteiger partial charge in [0, 0.05) is 11.8 Å². The fourth-order valence-electron chi connectivity index (χ4n) is 1.79. The molecule has 1 fully saturated rings. The van der Waals surface area contributed by atoms with E-state index in [0.29, 0.717) is 5.75 Å². The lowest BCUT2D eigenvalue weighted by Gasteiger charge is -2.27. The number of urea groups is 1. The van der Waals surface area contributed by atoms with Crippen LogP contribution in [0.25, 0.3) is 0 Å². The molecule has 1 heterocycles. The lowest BCUT2D eigenvalue weighted by atomic mass is 10.2. The van der Waals surface area contributed by atoms with Crippen molar-refractivity contribution in [3.05, 3.63) is 0 Å². The van der Waals surface area contributed by atoms with Crippen molar-refractivity contribution in [2.45, 2.75) is 37.7 Å². The van der Waals surface area contributed by atoms with Gasteiger partial charge in [-0.25, -0.2) is 9.59 Å². The quantitative estimate of drug-likeness (QED) is 0.807. The van der Waals surface area contributed by atoms with Crippen LogP contribution < -0.4 is 5.32 Å². The number of hydrogen-bond acceptors (Lipinski definition) is 4. The van der Waals surface area contributed by atoms with Gasteiger partial charge in [0.05, 0.1) is 5.37 Å². The predicted octanol–water partition coefficient (Wildman–Crippen LogP) is 1.69. The summed E-state index contributed by atoms with van der Waals surface area (Å²) in [7, 11) is 0. The summed E-state index contributed by atoms with van der Waals surface area (Å²) in [5.41, 5.74) is 0. The Labute approximate surface area is 116 Å². The lowest BCUT2D eigenvalue weighted by Crippen LogP contribution is -2.51. The molecule has 0 radical (unpaired) electrons. The molecule has 0 bridgehead atoms. The molecule has 3 atom stereocenters. The van der Waals surface area contributed by atoms with Gasteiger partial charge in [0.25, 0.3) is 0 Å². The van der Waals surface area contributed by atoms with E-state index in [1.165, 1.54) is 16.7 Å². The Morgan fingerprint density at radius 1 is 1.61 bits per heavy atom. The molecule has 1 saturated heterocycles. The smallest absolute Gasteiger partial charge is 0.327 e. The maximum atomic E-state index is 12.1. The highest BCUT2D eigenvalue weighted by Gasteiger charge is 2.39. The number of hydrogen-bond donors (Lipinski definition) is 2. The number of amides is 2. The Morgan fingerprint density at radius 3 is 2.83 bits per heavy atom. The summed E-state index contributed by atoms with van der Waals surface area (Å²) in [6.45, 7) is 3.80. The van der Waals surface area contributed by atoms with Crippen molar-refractivity contribution in [1.82, 2.24) is 10.2 Å². The zero-order valence-corrected chi connectivity index (χ0v) is 12.5. The Morgan fingerprint density at radius 2 is 2.28 bits per heavy atom. The third kappa shape index (κ3) is 3.98. The van der Waals surface area contributed by atoms with E-state index in [4.69, 9.17) is 5.11 Å². The van der Waals surface area contributed by atoms with E-state index in [2.05, 4.69) is 5.32 Å². The van der Waals surface area contributed by atoms with Crippen LogP contribution in [0.15, 0.2) is 0 Å². The summed E-state index contributed by atoms with van der Waals surface area (Å²) >= 11 is 3.23. The largest absolute Gasteiger partial charge is 0.480 e. The minimum absolute atomic E-state index is 0.0668. The molecular weight excluding hydrogens is 272 g/mol. The monoisotopic (exact) mass is 292 g/mol. The van der Waals surface area contributed by atoms with Crippen LogP contribution in [0.5, 0.6) is 0 Å². The molecule has 0 aromatic rings. The van der Waals surface area contributed by atoms with E-state index in [9.17, 15) is 9.59 Å². The number of rotatable bonds is 5. The Hall–Kier alpha value is -0.560. The van der Waals surface area contributed by atoms with Gasteiger partial charge in [-0.3, -0.25) is 4.90 Å². The van der Waals surface area contributed by atoms with Gasteiger partial charge < -0.3 is 10.4 Å². The van der Waals surface area contributed by atoms with Crippen molar-refractivity contribution in [3.63, 3.8) is 0 Å². The number of nitrogens with zero attached hydrogens (tertiary/aromatic N) is 1. The van der Waals surface area contributed by atoms with Gasteiger partial charge in [-0.05, 0) is 32.3 Å². The van der Waals surface area contributed by atoms with Crippen molar-refractivity contribution in [3.8, 4) is 0 Å². The molecule has 104 valence electrons. The van der Waals surface area contributed by atoms with Crippen molar-refractivity contribution < 1.29 is 14.7 Å². The normalized spacial score (nSPS) is 24.9. The van der Waals surface area contributed by atoms with Gasteiger partial charge in [-0.1, -0.05) is 0 Å². The van der Waals surface area contributed by atoms with Crippen molar-refractivity contribution in [2.75, 3.05) is 17.8 Å². The first kappa shape index (κ1) is 15.5. The molecule has 0 aromatic heterocycles. The average Bonchev–Trinajstić information content (AvgIpc) is 2.68. The molecule has 2 amide bonds. The van der Waals surface area contributed by atoms with E-state index in [-0.39, 0.29) is 17.4 Å². The van der Waals surface area contributed by atoms with Gasteiger partial charge in [-0.2, -0.15) is 11.8 Å². The second kappa shape index (κ2) is 7.13. The van der Waals surface area contributed by atoms with Crippen molar-refractivity contribution in [2.24, 2.45) is 0 Å². The van der Waals surface area contributed by atoms with E-state index in [1.807, 2.05) is 20.1 Å². The molecule has 18 heavy (non-hydrogen) atoms. The fraction of sp³-hybridized carbons (Fsp3) is 0.818. The van der Waals surface area contributed by atoms with E-state index in [1.54, 1.807) is 11.8 Å². The molecule has 1 aliphatic heterocycles. The maximum Gasteiger partial charge on any atom is 0.327 e. The van der Waals surface area contributed by atoms with E-state index in [0.717, 1.165) is 12.2 Å². The maximum absolute atomic E-state index is 12.1. The third-order valence-corrected chi connectivity index (χ3v) is 4.73. The number of carbonyl (C=O) groups is 2. The standard InChI is InChI=1S/C11H20N2O3S2/c1-7(4-5-17-3)12-11(16)13-8(2)18-6-9(13)10(14)15/h7-9H,4-6H2,1-3H3,(H,12,16)(H,14,15). The van der Waals surface area contributed by atoms with Gasteiger partial charge in [-0.15, -0.1) is 11.8 Å². The highest BCUT2D eigenvalue weighted by atomic mass is 32.2. The summed E-state index contributed by atoms with van der Waals surface area (Å²) in [5, 5.41) is 11.9. The van der Waals surface area contributed by atoms with Crippen molar-refractivity contribution >= 4 is 35.5 Å². The SMILES string of the molecule is CSCCC(C)NC(=O)N1C(C)SCC1C(=O)O. The van der Waals surface area contributed by atoms with Gasteiger partial charge >= 0.3 is 12.0 Å². The van der Waals surface area contributed by atoms with E-state index < -0.39 is 12.0 Å². The van der Waals surface area contributed by atoms with Crippen LogP contribution in [0.4, 0.5) is 4.79 Å². The fourth-order valence-corrected chi connectivity index (χ4v) is 3.55. The molecule has 7 heteroatoms. The number of nitrogens with one attached hydrogen (secondary N) is 1. The minimum atomic E-state index is -0.932. The molecule has 0 saturated carbocycles. The Kier molecular flexibility index (Phi) is 6.14. The van der Waals surface area contributed by atoms with Crippen molar-refractivity contribution in [1.29, 1.82) is 0 Å². The number of carboxylic acids is 1. The first-order valence-corrected chi connectivity index (χ1v) is 8.33. The third-order valence-electron chi connectivity index (χ3n) is 2.87. The molecule has 3 unspecified atom stereocenters. The summed E-state index contributed by atoms with van der Waals surface area (Å²) in [5.74, 6) is 0.510. The molecule has 0 aromatic carbocycles. The zero-order valence-electron chi connectivity index (χ0n) is 10.9. The highest BCUT2D eigenvalue weighted by Crippen LogP contribution is 2.28. The van der Waals surface area contributed by atoms with Gasteiger partial charge in [0.15, 0.2) is 0 Å². The van der Waals surface area contributed by atoms with Crippen LogP contribution >= 0.6 is 23.5 Å². The zero-order chi connectivity index (χ0) is 13.7. The molecule has 0 spiro atoms.